The molecule has 2 heteroatoms. The quantitative estimate of drug-likeness (QED) is 0.827. The molecule has 0 amide bonds. The Labute approximate surface area is 137 Å². The first kappa shape index (κ1) is 15.7. The van der Waals surface area contributed by atoms with Gasteiger partial charge in [-0.15, -0.1) is 0 Å². The van der Waals surface area contributed by atoms with Gasteiger partial charge in [-0.2, -0.15) is 0 Å². The molecule has 1 aliphatic rings. The van der Waals surface area contributed by atoms with Gasteiger partial charge in [0.15, 0.2) is 5.78 Å². The fourth-order valence-corrected chi connectivity index (χ4v) is 3.50. The summed E-state index contributed by atoms with van der Waals surface area (Å²) in [7, 11) is 1.68. The van der Waals surface area contributed by atoms with Crippen molar-refractivity contribution in [2.75, 3.05) is 7.11 Å². The Morgan fingerprint density at radius 2 is 1.70 bits per heavy atom. The third-order valence-corrected chi connectivity index (χ3v) is 4.91. The minimum Gasteiger partial charge on any atom is -0.380 e. The van der Waals surface area contributed by atoms with E-state index in [1.807, 2.05) is 39.0 Å². The van der Waals surface area contributed by atoms with Crippen LogP contribution in [0.2, 0.25) is 0 Å². The second-order valence-electron chi connectivity index (χ2n) is 6.58. The van der Waals surface area contributed by atoms with Crippen molar-refractivity contribution in [1.29, 1.82) is 0 Å². The van der Waals surface area contributed by atoms with E-state index in [2.05, 4.69) is 24.8 Å². The fourth-order valence-electron chi connectivity index (χ4n) is 3.50. The van der Waals surface area contributed by atoms with E-state index >= 15 is 0 Å². The molecule has 0 spiro atoms. The maximum absolute atomic E-state index is 13.2. The molecule has 1 aliphatic carbocycles. The number of methoxy groups -OCH3 is 1. The molecule has 0 fully saturated rings. The SMILES string of the molecule is C=C1c2cc(C)ccc2C(=O)C1(C)c1cc(C)ccc1COC. The Hall–Kier alpha value is -2.19. The third kappa shape index (κ3) is 2.25. The van der Waals surface area contributed by atoms with Crippen LogP contribution in [0.5, 0.6) is 0 Å². The number of ether oxygens (including phenoxy) is 1. The summed E-state index contributed by atoms with van der Waals surface area (Å²) in [4.78, 5) is 13.2. The number of benzene rings is 2. The van der Waals surface area contributed by atoms with Gasteiger partial charge >= 0.3 is 0 Å². The molecule has 0 saturated heterocycles. The van der Waals surface area contributed by atoms with Gasteiger partial charge < -0.3 is 4.74 Å². The lowest BCUT2D eigenvalue weighted by Gasteiger charge is -2.28. The molecule has 0 aliphatic heterocycles. The number of ketones is 1. The summed E-state index contributed by atoms with van der Waals surface area (Å²) in [5, 5.41) is 0. The van der Waals surface area contributed by atoms with Gasteiger partial charge in [0.1, 0.15) is 0 Å². The number of rotatable bonds is 3. The Kier molecular flexibility index (Phi) is 3.73. The number of hydrogen-bond donors (Lipinski definition) is 0. The second-order valence-corrected chi connectivity index (χ2v) is 6.58. The molecule has 1 atom stereocenters. The van der Waals surface area contributed by atoms with Crippen LogP contribution in [0.3, 0.4) is 0 Å². The third-order valence-electron chi connectivity index (χ3n) is 4.91. The topological polar surface area (TPSA) is 26.3 Å². The van der Waals surface area contributed by atoms with Crippen molar-refractivity contribution < 1.29 is 9.53 Å². The van der Waals surface area contributed by atoms with E-state index in [1.54, 1.807) is 7.11 Å². The molecule has 0 N–H and O–H groups in total. The zero-order valence-electron chi connectivity index (χ0n) is 14.2. The number of aryl methyl sites for hydroxylation is 2. The summed E-state index contributed by atoms with van der Waals surface area (Å²) in [5.74, 6) is 0.125. The average Bonchev–Trinajstić information content (AvgIpc) is 2.72. The molecular formula is C21H22O2. The van der Waals surface area contributed by atoms with Gasteiger partial charge in [-0.25, -0.2) is 0 Å². The van der Waals surface area contributed by atoms with Crippen molar-refractivity contribution >= 4 is 11.4 Å². The van der Waals surface area contributed by atoms with Gasteiger partial charge in [0, 0.05) is 12.7 Å². The van der Waals surface area contributed by atoms with Crippen LogP contribution < -0.4 is 0 Å². The van der Waals surface area contributed by atoms with Crippen LogP contribution in [0.1, 0.15) is 45.1 Å². The minimum atomic E-state index is -0.726. The Morgan fingerprint density at radius 1 is 1.04 bits per heavy atom. The highest BCUT2D eigenvalue weighted by atomic mass is 16.5. The summed E-state index contributed by atoms with van der Waals surface area (Å²) in [6.07, 6.45) is 0. The molecule has 118 valence electrons. The van der Waals surface area contributed by atoms with Crippen molar-refractivity contribution in [2.45, 2.75) is 32.8 Å². The van der Waals surface area contributed by atoms with Gasteiger partial charge in [-0.1, -0.05) is 54.1 Å². The highest BCUT2D eigenvalue weighted by Gasteiger charge is 2.47. The zero-order valence-corrected chi connectivity index (χ0v) is 14.2. The van der Waals surface area contributed by atoms with E-state index in [9.17, 15) is 4.79 Å². The fraction of sp³-hybridized carbons (Fsp3) is 0.286. The van der Waals surface area contributed by atoms with E-state index in [4.69, 9.17) is 4.74 Å². The predicted octanol–water partition coefficient (Wildman–Crippen LogP) is 4.62. The zero-order chi connectivity index (χ0) is 16.8. The Balaban J connectivity index is 2.23. The van der Waals surface area contributed by atoms with Crippen molar-refractivity contribution in [3.05, 3.63) is 76.4 Å². The highest BCUT2D eigenvalue weighted by Crippen LogP contribution is 2.48. The Morgan fingerprint density at radius 3 is 2.39 bits per heavy atom. The predicted molar refractivity (Wildman–Crippen MR) is 93.8 cm³/mol. The molecule has 2 aromatic carbocycles. The second kappa shape index (κ2) is 5.47. The molecule has 1 unspecified atom stereocenters. The smallest absolute Gasteiger partial charge is 0.178 e. The number of allylic oxidation sites excluding steroid dienone is 1. The molecule has 0 radical (unpaired) electrons. The lowest BCUT2D eigenvalue weighted by Crippen LogP contribution is -2.30. The van der Waals surface area contributed by atoms with Crippen LogP contribution in [0.4, 0.5) is 0 Å². The number of carbonyl (C=O) groups excluding carboxylic acids is 1. The molecule has 3 rings (SSSR count). The van der Waals surface area contributed by atoms with Crippen molar-refractivity contribution in [1.82, 2.24) is 0 Å². The maximum atomic E-state index is 13.2. The monoisotopic (exact) mass is 306 g/mol. The van der Waals surface area contributed by atoms with Gasteiger partial charge in [0.25, 0.3) is 0 Å². The normalized spacial score (nSPS) is 20.0. The molecule has 0 aromatic heterocycles. The van der Waals surface area contributed by atoms with Crippen molar-refractivity contribution in [3.8, 4) is 0 Å². The van der Waals surface area contributed by atoms with Gasteiger partial charge in [-0.05, 0) is 43.0 Å². The molecule has 0 bridgehead atoms. The van der Waals surface area contributed by atoms with E-state index in [0.29, 0.717) is 6.61 Å². The first-order chi connectivity index (χ1) is 10.9. The molecule has 2 aromatic rings. The average molecular weight is 306 g/mol. The largest absolute Gasteiger partial charge is 0.380 e. The van der Waals surface area contributed by atoms with E-state index in [-0.39, 0.29) is 5.78 Å². The lowest BCUT2D eigenvalue weighted by molar-refractivity contribution is 0.0940. The van der Waals surface area contributed by atoms with Crippen LogP contribution in [0.15, 0.2) is 43.0 Å². The first-order valence-electron chi connectivity index (χ1n) is 7.83. The van der Waals surface area contributed by atoms with Crippen LogP contribution in [0, 0.1) is 13.8 Å². The van der Waals surface area contributed by atoms with E-state index in [1.165, 1.54) is 0 Å². The van der Waals surface area contributed by atoms with Gasteiger partial charge in [-0.3, -0.25) is 4.79 Å². The summed E-state index contributed by atoms with van der Waals surface area (Å²) < 4.78 is 5.34. The van der Waals surface area contributed by atoms with Crippen molar-refractivity contribution in [2.24, 2.45) is 0 Å². The van der Waals surface area contributed by atoms with Crippen molar-refractivity contribution in [3.63, 3.8) is 0 Å². The number of carbonyl (C=O) groups is 1. The molecule has 0 heterocycles. The Bertz CT molecular complexity index is 817. The number of fused-ring (bicyclic) bond motifs is 1. The summed E-state index contributed by atoms with van der Waals surface area (Å²) >= 11 is 0. The van der Waals surface area contributed by atoms with E-state index in [0.717, 1.165) is 39.0 Å². The maximum Gasteiger partial charge on any atom is 0.178 e. The van der Waals surface area contributed by atoms with Gasteiger partial charge in [0.05, 0.1) is 12.0 Å². The number of Topliss-reactive ketones (excluding diaryl/α,β-unsaturated/α-hetero) is 1. The van der Waals surface area contributed by atoms with Crippen LogP contribution >= 0.6 is 0 Å². The lowest BCUT2D eigenvalue weighted by atomic mass is 9.74. The van der Waals surface area contributed by atoms with Crippen LogP contribution in [-0.4, -0.2) is 12.9 Å². The first-order valence-corrected chi connectivity index (χ1v) is 7.83. The van der Waals surface area contributed by atoms with E-state index < -0.39 is 5.41 Å². The summed E-state index contributed by atoms with van der Waals surface area (Å²) in [6, 6.07) is 12.2. The molecular weight excluding hydrogens is 284 g/mol. The summed E-state index contributed by atoms with van der Waals surface area (Å²) in [5.41, 5.74) is 6.22. The minimum absolute atomic E-state index is 0.125. The summed E-state index contributed by atoms with van der Waals surface area (Å²) in [6.45, 7) is 10.8. The highest BCUT2D eigenvalue weighted by molar-refractivity contribution is 6.20. The number of hydrogen-bond acceptors (Lipinski definition) is 2. The standard InChI is InChI=1S/C21H22O2/c1-13-7-9-17-18(10-13)15(3)21(4,20(17)22)19-11-14(2)6-8-16(19)12-23-5/h6-11H,3,12H2,1-2,4-5H3. The van der Waals surface area contributed by atoms with Gasteiger partial charge in [0.2, 0.25) is 0 Å². The molecule has 2 nitrogen and oxygen atoms in total. The van der Waals surface area contributed by atoms with Crippen LogP contribution in [-0.2, 0) is 16.8 Å². The molecule has 23 heavy (non-hydrogen) atoms. The van der Waals surface area contributed by atoms with Crippen LogP contribution in [0.25, 0.3) is 5.57 Å². The molecule has 0 saturated carbocycles.